The molecule has 0 aromatic rings. The van der Waals surface area contributed by atoms with E-state index in [-0.39, 0.29) is 17.9 Å². The second kappa shape index (κ2) is 5.47. The third-order valence-corrected chi connectivity index (χ3v) is 2.88. The van der Waals surface area contributed by atoms with Crippen LogP contribution in [0.3, 0.4) is 0 Å². The molecule has 1 amide bonds. The van der Waals surface area contributed by atoms with Crippen LogP contribution in [0, 0.1) is 5.92 Å². The summed E-state index contributed by atoms with van der Waals surface area (Å²) in [7, 11) is 1.80. The molecule has 15 heavy (non-hydrogen) atoms. The summed E-state index contributed by atoms with van der Waals surface area (Å²) in [5, 5.41) is 0. The maximum atomic E-state index is 11.8. The summed E-state index contributed by atoms with van der Waals surface area (Å²) in [4.78, 5) is 13.5. The minimum atomic E-state index is -0.392. The van der Waals surface area contributed by atoms with Crippen LogP contribution >= 0.6 is 0 Å². The van der Waals surface area contributed by atoms with Gasteiger partial charge >= 0.3 is 0 Å². The minimum absolute atomic E-state index is 0.0144. The zero-order valence-corrected chi connectivity index (χ0v) is 9.90. The van der Waals surface area contributed by atoms with Gasteiger partial charge in [-0.05, 0) is 18.8 Å². The SMILES string of the molecule is CC(C)[C@H](N)C(=O)N(C)CC1CCCO1. The van der Waals surface area contributed by atoms with Crippen molar-refractivity contribution in [2.24, 2.45) is 11.7 Å². The van der Waals surface area contributed by atoms with Crippen LogP contribution in [-0.2, 0) is 9.53 Å². The van der Waals surface area contributed by atoms with E-state index in [1.165, 1.54) is 0 Å². The molecule has 4 nitrogen and oxygen atoms in total. The van der Waals surface area contributed by atoms with Gasteiger partial charge in [0.1, 0.15) is 0 Å². The Kier molecular flexibility index (Phi) is 4.54. The van der Waals surface area contributed by atoms with Crippen molar-refractivity contribution in [3.05, 3.63) is 0 Å². The summed E-state index contributed by atoms with van der Waals surface area (Å²) in [5.41, 5.74) is 5.80. The first-order chi connectivity index (χ1) is 7.02. The lowest BCUT2D eigenvalue weighted by atomic mass is 10.0. The first kappa shape index (κ1) is 12.5. The van der Waals surface area contributed by atoms with Gasteiger partial charge in [-0.2, -0.15) is 0 Å². The molecule has 4 heteroatoms. The molecule has 0 aromatic heterocycles. The summed E-state index contributed by atoms with van der Waals surface area (Å²) >= 11 is 0. The monoisotopic (exact) mass is 214 g/mol. The zero-order valence-electron chi connectivity index (χ0n) is 9.90. The Hall–Kier alpha value is -0.610. The highest BCUT2D eigenvalue weighted by Crippen LogP contribution is 2.13. The molecule has 88 valence electrons. The van der Waals surface area contributed by atoms with Crippen LogP contribution in [0.15, 0.2) is 0 Å². The van der Waals surface area contributed by atoms with E-state index in [1.54, 1.807) is 11.9 Å². The van der Waals surface area contributed by atoms with Gasteiger partial charge in [-0.25, -0.2) is 0 Å². The highest BCUT2D eigenvalue weighted by Gasteiger charge is 2.24. The Morgan fingerprint density at radius 3 is 2.73 bits per heavy atom. The summed E-state index contributed by atoms with van der Waals surface area (Å²) in [5.74, 6) is 0.199. The van der Waals surface area contributed by atoms with E-state index in [1.807, 2.05) is 13.8 Å². The van der Waals surface area contributed by atoms with Crippen LogP contribution in [-0.4, -0.2) is 43.2 Å². The Labute approximate surface area is 91.8 Å². The molecule has 1 rings (SSSR count). The fourth-order valence-corrected chi connectivity index (χ4v) is 1.72. The highest BCUT2D eigenvalue weighted by atomic mass is 16.5. The van der Waals surface area contributed by atoms with Crippen LogP contribution in [0.1, 0.15) is 26.7 Å². The van der Waals surface area contributed by atoms with E-state index >= 15 is 0 Å². The van der Waals surface area contributed by atoms with Gasteiger partial charge in [0.25, 0.3) is 0 Å². The van der Waals surface area contributed by atoms with Gasteiger partial charge in [-0.3, -0.25) is 4.79 Å². The molecule has 0 saturated carbocycles. The van der Waals surface area contributed by atoms with E-state index in [4.69, 9.17) is 10.5 Å². The highest BCUT2D eigenvalue weighted by molar-refractivity contribution is 5.81. The van der Waals surface area contributed by atoms with Crippen molar-refractivity contribution in [1.82, 2.24) is 4.90 Å². The molecular formula is C11H22N2O2. The summed E-state index contributed by atoms with van der Waals surface area (Å²) in [6.07, 6.45) is 2.36. The third-order valence-electron chi connectivity index (χ3n) is 2.88. The molecular weight excluding hydrogens is 192 g/mol. The summed E-state index contributed by atoms with van der Waals surface area (Å²) in [6.45, 7) is 5.41. The van der Waals surface area contributed by atoms with E-state index in [0.717, 1.165) is 19.4 Å². The molecule has 1 aliphatic heterocycles. The average molecular weight is 214 g/mol. The van der Waals surface area contributed by atoms with Gasteiger partial charge in [-0.1, -0.05) is 13.8 Å². The van der Waals surface area contributed by atoms with Gasteiger partial charge in [0, 0.05) is 20.2 Å². The normalized spacial score (nSPS) is 23.1. The number of ether oxygens (including phenoxy) is 1. The van der Waals surface area contributed by atoms with E-state index < -0.39 is 6.04 Å². The van der Waals surface area contributed by atoms with Crippen molar-refractivity contribution in [3.63, 3.8) is 0 Å². The molecule has 2 N–H and O–H groups in total. The minimum Gasteiger partial charge on any atom is -0.376 e. The Morgan fingerprint density at radius 2 is 2.27 bits per heavy atom. The fraction of sp³-hybridized carbons (Fsp3) is 0.909. The molecule has 1 aliphatic rings. The number of carbonyl (C=O) groups excluding carboxylic acids is 1. The Balaban J connectivity index is 2.38. The topological polar surface area (TPSA) is 55.6 Å². The number of nitrogens with zero attached hydrogens (tertiary/aromatic N) is 1. The molecule has 1 heterocycles. The number of carbonyl (C=O) groups is 1. The average Bonchev–Trinajstić information content (AvgIpc) is 2.67. The van der Waals surface area contributed by atoms with Crippen molar-refractivity contribution >= 4 is 5.91 Å². The van der Waals surface area contributed by atoms with Crippen molar-refractivity contribution in [1.29, 1.82) is 0 Å². The number of nitrogens with two attached hydrogens (primary N) is 1. The molecule has 0 bridgehead atoms. The second-order valence-electron chi connectivity index (χ2n) is 4.62. The maximum absolute atomic E-state index is 11.8. The van der Waals surface area contributed by atoms with Crippen molar-refractivity contribution in [2.75, 3.05) is 20.2 Å². The third kappa shape index (κ3) is 3.47. The number of likely N-dealkylation sites (N-methyl/N-ethyl adjacent to an activating group) is 1. The first-order valence-electron chi connectivity index (χ1n) is 5.64. The first-order valence-corrected chi connectivity index (χ1v) is 5.64. The van der Waals surface area contributed by atoms with Crippen LogP contribution in [0.5, 0.6) is 0 Å². The van der Waals surface area contributed by atoms with Crippen molar-refractivity contribution in [3.8, 4) is 0 Å². The van der Waals surface area contributed by atoms with Crippen LogP contribution in [0.25, 0.3) is 0 Å². The summed E-state index contributed by atoms with van der Waals surface area (Å²) < 4.78 is 5.48. The van der Waals surface area contributed by atoms with Gasteiger partial charge in [0.15, 0.2) is 0 Å². The molecule has 1 saturated heterocycles. The van der Waals surface area contributed by atoms with E-state index in [9.17, 15) is 4.79 Å². The Bertz CT molecular complexity index is 213. The lowest BCUT2D eigenvalue weighted by Gasteiger charge is -2.25. The van der Waals surface area contributed by atoms with Gasteiger partial charge in [-0.15, -0.1) is 0 Å². The molecule has 0 spiro atoms. The fourth-order valence-electron chi connectivity index (χ4n) is 1.72. The van der Waals surface area contributed by atoms with Crippen molar-refractivity contribution in [2.45, 2.75) is 38.8 Å². The molecule has 0 aliphatic carbocycles. The lowest BCUT2D eigenvalue weighted by molar-refractivity contribution is -0.133. The predicted molar refractivity (Wildman–Crippen MR) is 59.4 cm³/mol. The molecule has 1 unspecified atom stereocenters. The smallest absolute Gasteiger partial charge is 0.239 e. The molecule has 1 fully saturated rings. The van der Waals surface area contributed by atoms with Crippen LogP contribution in [0.2, 0.25) is 0 Å². The molecule has 0 aromatic carbocycles. The lowest BCUT2D eigenvalue weighted by Crippen LogP contribution is -2.46. The molecule has 0 radical (unpaired) electrons. The van der Waals surface area contributed by atoms with E-state index in [2.05, 4.69) is 0 Å². The van der Waals surface area contributed by atoms with Crippen molar-refractivity contribution < 1.29 is 9.53 Å². The number of amides is 1. The number of rotatable bonds is 4. The second-order valence-corrected chi connectivity index (χ2v) is 4.62. The predicted octanol–water partition coefficient (Wildman–Crippen LogP) is 0.607. The van der Waals surface area contributed by atoms with Gasteiger partial charge in [0.2, 0.25) is 5.91 Å². The van der Waals surface area contributed by atoms with Crippen LogP contribution in [0.4, 0.5) is 0 Å². The summed E-state index contributed by atoms with van der Waals surface area (Å²) in [6, 6.07) is -0.392. The zero-order chi connectivity index (χ0) is 11.4. The van der Waals surface area contributed by atoms with Gasteiger partial charge < -0.3 is 15.4 Å². The number of hydrogen-bond donors (Lipinski definition) is 1. The maximum Gasteiger partial charge on any atom is 0.239 e. The number of hydrogen-bond acceptors (Lipinski definition) is 3. The van der Waals surface area contributed by atoms with E-state index in [0.29, 0.717) is 6.54 Å². The Morgan fingerprint density at radius 1 is 1.60 bits per heavy atom. The largest absolute Gasteiger partial charge is 0.376 e. The van der Waals surface area contributed by atoms with Crippen LogP contribution < -0.4 is 5.73 Å². The quantitative estimate of drug-likeness (QED) is 0.746. The molecule has 2 atom stereocenters. The standard InChI is InChI=1S/C11H22N2O2/c1-8(2)10(12)11(14)13(3)7-9-5-4-6-15-9/h8-10H,4-7,12H2,1-3H3/t9?,10-/m0/s1. The van der Waals surface area contributed by atoms with Gasteiger partial charge in [0.05, 0.1) is 12.1 Å².